The summed E-state index contributed by atoms with van der Waals surface area (Å²) in [6.45, 7) is 8.62. The molecule has 6 N–H and O–H groups in total. The molecule has 1 saturated heterocycles. The molecule has 1 fully saturated rings. The maximum atomic E-state index is 12.4. The van der Waals surface area contributed by atoms with Crippen LogP contribution in [0.2, 0.25) is 0 Å². The lowest BCUT2D eigenvalue weighted by Gasteiger charge is -2.49. The van der Waals surface area contributed by atoms with Crippen molar-refractivity contribution >= 4 is 17.7 Å². The fourth-order valence-electron chi connectivity index (χ4n) is 4.30. The van der Waals surface area contributed by atoms with Crippen molar-refractivity contribution in [3.05, 3.63) is 35.7 Å². The Hall–Kier alpha value is -2.40. The van der Waals surface area contributed by atoms with E-state index in [4.69, 9.17) is 16.2 Å². The second-order valence-electron chi connectivity index (χ2n) is 9.41. The molecule has 33 heavy (non-hydrogen) atoms. The van der Waals surface area contributed by atoms with Gasteiger partial charge < -0.3 is 35.7 Å². The number of phenols is 1. The number of nitrogens with two attached hydrogens (primary N) is 2. The lowest BCUT2D eigenvalue weighted by atomic mass is 9.79. The summed E-state index contributed by atoms with van der Waals surface area (Å²) in [5, 5.41) is 14.0. The number of piperidine rings is 1. The van der Waals surface area contributed by atoms with Crippen LogP contribution >= 0.6 is 12.0 Å². The van der Waals surface area contributed by atoms with Crippen molar-refractivity contribution in [1.82, 2.24) is 10.2 Å². The molecule has 1 aliphatic heterocycles. The molecule has 0 radical (unpaired) electrons. The van der Waals surface area contributed by atoms with Gasteiger partial charge in [-0.05, 0) is 52.7 Å². The first-order valence-electron chi connectivity index (χ1n) is 10.3. The van der Waals surface area contributed by atoms with Crippen LogP contribution < -0.4 is 25.7 Å². The first kappa shape index (κ1) is 26.8. The maximum absolute atomic E-state index is 12.4. The van der Waals surface area contributed by atoms with Crippen LogP contribution in [0.15, 0.2) is 30.1 Å². The number of allylic oxidation sites excluding steroid dienone is 2. The molecule has 0 saturated carbocycles. The molecule has 1 heterocycles. The van der Waals surface area contributed by atoms with Crippen molar-refractivity contribution in [3.63, 3.8) is 0 Å². The van der Waals surface area contributed by atoms with Crippen molar-refractivity contribution in [2.45, 2.75) is 63.2 Å². The van der Waals surface area contributed by atoms with Gasteiger partial charge in [0.15, 0.2) is 12.0 Å². The number of benzene rings is 1. The molecule has 0 spiro atoms. The van der Waals surface area contributed by atoms with Crippen LogP contribution in [0.3, 0.4) is 0 Å². The Labute approximate surface area is 197 Å². The zero-order chi connectivity index (χ0) is 25.2. The molecule has 0 aliphatic carbocycles. The van der Waals surface area contributed by atoms with Crippen molar-refractivity contribution in [1.29, 1.82) is 0 Å². The molecular weight excluding hydrogens is 457 g/mol. The molecule has 0 unspecified atom stereocenters. The summed E-state index contributed by atoms with van der Waals surface area (Å²) in [4.78, 5) is 2.00. The topological polar surface area (TPSA) is 106 Å². The molecule has 0 bridgehead atoms. The van der Waals surface area contributed by atoms with Gasteiger partial charge in [-0.3, -0.25) is 0 Å². The Bertz CT molecular complexity index is 901. The van der Waals surface area contributed by atoms with E-state index in [1.165, 1.54) is 19.3 Å². The number of hydrogen-bond donors (Lipinski definition) is 4. The second-order valence-corrected chi connectivity index (χ2v) is 10.2. The van der Waals surface area contributed by atoms with Crippen LogP contribution in [0.25, 0.3) is 5.70 Å². The van der Waals surface area contributed by atoms with Gasteiger partial charge in [-0.1, -0.05) is 0 Å². The highest BCUT2D eigenvalue weighted by Gasteiger charge is 2.39. The third-order valence-corrected chi connectivity index (χ3v) is 5.82. The summed E-state index contributed by atoms with van der Waals surface area (Å²) in [6.07, 6.45) is 4.94. The minimum atomic E-state index is -4.59. The van der Waals surface area contributed by atoms with Gasteiger partial charge in [0.2, 0.25) is 0 Å². The lowest BCUT2D eigenvalue weighted by Crippen LogP contribution is -2.61. The number of nitrogens with zero attached hydrogens (tertiary/aromatic N) is 1. The van der Waals surface area contributed by atoms with Crippen LogP contribution in [-0.2, 0) is 0 Å². The van der Waals surface area contributed by atoms with Gasteiger partial charge in [-0.2, -0.15) is 13.2 Å². The minimum absolute atomic E-state index is 0.0524. The van der Waals surface area contributed by atoms with Gasteiger partial charge in [0.25, 0.3) is 0 Å². The molecule has 0 aromatic heterocycles. The zero-order valence-electron chi connectivity index (χ0n) is 19.7. The van der Waals surface area contributed by atoms with E-state index in [2.05, 4.69) is 37.2 Å². The summed E-state index contributed by atoms with van der Waals surface area (Å²) in [5.74, 6) is -0.0719. The minimum Gasteiger partial charge on any atom is -0.507 e. The third kappa shape index (κ3) is 7.56. The van der Waals surface area contributed by atoms with E-state index in [1.54, 1.807) is 6.08 Å². The predicted molar refractivity (Wildman–Crippen MR) is 125 cm³/mol. The number of alkyl halides is 3. The molecular formula is C22H33F3N4O3S. The molecule has 7 nitrogen and oxygen atoms in total. The summed E-state index contributed by atoms with van der Waals surface area (Å²) in [5.41, 5.74) is 8.01. The van der Waals surface area contributed by atoms with Crippen molar-refractivity contribution in [2.24, 2.45) is 11.5 Å². The molecule has 2 rings (SSSR count). The number of phenolic OH excluding ortho intramolecular Hbond substituents is 1. The van der Waals surface area contributed by atoms with Crippen LogP contribution in [0.4, 0.5) is 13.2 Å². The van der Waals surface area contributed by atoms with E-state index in [0.29, 0.717) is 5.82 Å². The number of nitrogens with one attached hydrogen (secondary N) is 1. The number of hydrogen-bond acceptors (Lipinski definition) is 8. The quantitative estimate of drug-likeness (QED) is 0.331. The van der Waals surface area contributed by atoms with Gasteiger partial charge in [0.1, 0.15) is 17.2 Å². The second kappa shape index (κ2) is 9.84. The smallest absolute Gasteiger partial charge is 0.479 e. The summed E-state index contributed by atoms with van der Waals surface area (Å²) in [6, 6.07) is 2.45. The van der Waals surface area contributed by atoms with Gasteiger partial charge in [-0.15, -0.1) is 0 Å². The average molecular weight is 491 g/mol. The van der Waals surface area contributed by atoms with E-state index < -0.39 is 17.6 Å². The Balaban J connectivity index is 2.25. The Morgan fingerprint density at radius 1 is 1.18 bits per heavy atom. The Morgan fingerprint density at radius 2 is 1.76 bits per heavy atom. The standard InChI is InChI=1S/C22H33F3N4O3S/c1-20(2)11-13(12-21(3,4)28-20)29(5)18(27)8-7-15(26)19-16(30)9-14(10-17(19)31-6)32-33-22(23,24)25/h7-10,13,28,30H,11-12,26-27H2,1-6H3/b15-7-,18-8+. The summed E-state index contributed by atoms with van der Waals surface area (Å²) < 4.78 is 46.9. The monoisotopic (exact) mass is 490 g/mol. The van der Waals surface area contributed by atoms with Crippen molar-refractivity contribution in [2.75, 3.05) is 14.2 Å². The third-order valence-electron chi connectivity index (χ3n) is 5.35. The number of halogens is 3. The van der Waals surface area contributed by atoms with Gasteiger partial charge in [-0.25, -0.2) is 0 Å². The highest BCUT2D eigenvalue weighted by molar-refractivity contribution is 7.95. The van der Waals surface area contributed by atoms with Crippen LogP contribution in [0, 0.1) is 0 Å². The molecule has 0 atom stereocenters. The van der Waals surface area contributed by atoms with Gasteiger partial charge >= 0.3 is 5.51 Å². The molecule has 186 valence electrons. The van der Waals surface area contributed by atoms with Gasteiger partial charge in [0.05, 0.1) is 18.5 Å². The van der Waals surface area contributed by atoms with Crippen LogP contribution in [-0.4, -0.2) is 46.8 Å². The van der Waals surface area contributed by atoms with Crippen molar-refractivity contribution in [3.8, 4) is 17.2 Å². The first-order chi connectivity index (χ1) is 15.0. The zero-order valence-corrected chi connectivity index (χ0v) is 20.5. The SMILES string of the molecule is COc1cc(OSC(F)(F)F)cc(O)c1/C(N)=C/C=C(\N)N(C)C1CC(C)(C)NC(C)(C)C1. The van der Waals surface area contributed by atoms with Crippen LogP contribution in [0.1, 0.15) is 46.1 Å². The number of methoxy groups -OCH3 is 1. The molecule has 11 heteroatoms. The van der Waals surface area contributed by atoms with E-state index in [9.17, 15) is 18.3 Å². The Kier molecular flexibility index (Phi) is 8.01. The van der Waals surface area contributed by atoms with Crippen molar-refractivity contribution < 1.29 is 27.2 Å². The number of aromatic hydroxyl groups is 1. The Morgan fingerprint density at radius 3 is 2.27 bits per heavy atom. The van der Waals surface area contributed by atoms with E-state index >= 15 is 0 Å². The summed E-state index contributed by atoms with van der Waals surface area (Å²) in [7, 11) is 3.23. The lowest BCUT2D eigenvalue weighted by molar-refractivity contribution is -0.0369. The molecule has 0 amide bonds. The van der Waals surface area contributed by atoms with Gasteiger partial charge in [0, 0.05) is 42.0 Å². The highest BCUT2D eigenvalue weighted by Crippen LogP contribution is 2.40. The fourth-order valence-corrected chi connectivity index (χ4v) is 4.59. The van der Waals surface area contributed by atoms with E-state index in [0.717, 1.165) is 18.9 Å². The van der Waals surface area contributed by atoms with Crippen LogP contribution in [0.5, 0.6) is 17.2 Å². The molecule has 1 aromatic carbocycles. The summed E-state index contributed by atoms with van der Waals surface area (Å²) >= 11 is -0.689. The predicted octanol–water partition coefficient (Wildman–Crippen LogP) is 4.29. The number of rotatable bonds is 7. The number of ether oxygens (including phenoxy) is 1. The maximum Gasteiger partial charge on any atom is 0.479 e. The first-order valence-corrected chi connectivity index (χ1v) is 11.1. The fraction of sp³-hybridized carbons (Fsp3) is 0.545. The highest BCUT2D eigenvalue weighted by atomic mass is 32.2. The van der Waals surface area contributed by atoms with E-state index in [-0.39, 0.29) is 45.6 Å². The average Bonchev–Trinajstić information content (AvgIpc) is 2.66. The normalized spacial score (nSPS) is 19.3. The van der Waals surface area contributed by atoms with E-state index in [1.807, 2.05) is 11.9 Å². The largest absolute Gasteiger partial charge is 0.507 e. The molecule has 1 aromatic rings. The molecule has 1 aliphatic rings.